The maximum Gasteiger partial charge on any atom is 0.119 e. The molecule has 30 heavy (non-hydrogen) atoms. The first-order chi connectivity index (χ1) is 14.6. The third kappa shape index (κ3) is 5.88. The highest BCUT2D eigenvalue weighted by molar-refractivity contribution is 5.91. The Labute approximate surface area is 179 Å². The van der Waals surface area contributed by atoms with E-state index < -0.39 is 0 Å². The third-order valence-corrected chi connectivity index (χ3v) is 4.78. The number of benzene rings is 3. The van der Waals surface area contributed by atoms with Crippen molar-refractivity contribution in [3.63, 3.8) is 0 Å². The molecule has 0 aliphatic heterocycles. The molecule has 0 amide bonds. The summed E-state index contributed by atoms with van der Waals surface area (Å²) >= 11 is 0. The fraction of sp³-hybridized carbons (Fsp3) is 0.231. The van der Waals surface area contributed by atoms with Gasteiger partial charge in [0, 0.05) is 6.54 Å². The van der Waals surface area contributed by atoms with Crippen LogP contribution in [0.5, 0.6) is 17.2 Å². The molecule has 0 fully saturated rings. The molecular weight excluding hydrogens is 374 g/mol. The number of rotatable bonds is 9. The fourth-order valence-electron chi connectivity index (χ4n) is 3.07. The van der Waals surface area contributed by atoms with Crippen molar-refractivity contribution in [1.82, 2.24) is 4.90 Å². The molecule has 0 saturated heterocycles. The largest absolute Gasteiger partial charge is 0.497 e. The summed E-state index contributed by atoms with van der Waals surface area (Å²) in [5.41, 5.74) is 4.41. The van der Waals surface area contributed by atoms with Crippen molar-refractivity contribution in [3.8, 4) is 17.2 Å². The summed E-state index contributed by atoms with van der Waals surface area (Å²) in [6.45, 7) is 1.52. The van der Waals surface area contributed by atoms with E-state index in [4.69, 9.17) is 14.2 Å². The highest BCUT2D eigenvalue weighted by Gasteiger charge is 2.08. The molecule has 3 aromatic rings. The predicted octanol–water partition coefficient (Wildman–Crippen LogP) is 5.23. The van der Waals surface area contributed by atoms with Crippen LogP contribution >= 0.6 is 0 Å². The van der Waals surface area contributed by atoms with E-state index in [1.54, 1.807) is 14.2 Å². The molecule has 3 rings (SSSR count). The maximum atomic E-state index is 5.96. The number of methoxy groups -OCH3 is 2. The van der Waals surface area contributed by atoms with Crippen LogP contribution < -0.4 is 14.2 Å². The van der Waals surface area contributed by atoms with Gasteiger partial charge in [0.2, 0.25) is 0 Å². The monoisotopic (exact) mass is 403 g/mol. The topological polar surface area (TPSA) is 30.9 Å². The Kier molecular flexibility index (Phi) is 7.52. The SMILES string of the molecule is COc1ccc(/C=C(\c2ccc(OC)cc2)c2cccc(OCCN(C)C)c2)cc1. The van der Waals surface area contributed by atoms with E-state index in [-0.39, 0.29) is 0 Å². The van der Waals surface area contributed by atoms with Gasteiger partial charge in [0.05, 0.1) is 14.2 Å². The van der Waals surface area contributed by atoms with Gasteiger partial charge in [0.25, 0.3) is 0 Å². The van der Waals surface area contributed by atoms with E-state index in [2.05, 4.69) is 47.4 Å². The van der Waals surface area contributed by atoms with E-state index in [0.29, 0.717) is 6.61 Å². The van der Waals surface area contributed by atoms with Crippen LogP contribution in [0.2, 0.25) is 0 Å². The van der Waals surface area contributed by atoms with Gasteiger partial charge in [-0.3, -0.25) is 0 Å². The number of hydrogen-bond donors (Lipinski definition) is 0. The summed E-state index contributed by atoms with van der Waals surface area (Å²) in [5, 5.41) is 0. The van der Waals surface area contributed by atoms with Crippen LogP contribution in [-0.4, -0.2) is 46.4 Å². The summed E-state index contributed by atoms with van der Waals surface area (Å²) < 4.78 is 16.6. The molecule has 0 unspecified atom stereocenters. The van der Waals surface area contributed by atoms with Gasteiger partial charge in [0.1, 0.15) is 23.9 Å². The zero-order valence-electron chi connectivity index (χ0n) is 18.1. The lowest BCUT2D eigenvalue weighted by Crippen LogP contribution is -2.19. The Hall–Kier alpha value is -3.24. The van der Waals surface area contributed by atoms with Crippen molar-refractivity contribution in [2.24, 2.45) is 0 Å². The molecule has 0 heterocycles. The lowest BCUT2D eigenvalue weighted by molar-refractivity contribution is 0.261. The zero-order valence-corrected chi connectivity index (χ0v) is 18.1. The van der Waals surface area contributed by atoms with Crippen molar-refractivity contribution in [1.29, 1.82) is 0 Å². The van der Waals surface area contributed by atoms with Crippen LogP contribution in [-0.2, 0) is 0 Å². The minimum absolute atomic E-state index is 0.649. The molecule has 4 heteroatoms. The molecule has 0 N–H and O–H groups in total. The number of ether oxygens (including phenoxy) is 3. The van der Waals surface area contributed by atoms with Gasteiger partial charge >= 0.3 is 0 Å². The second-order valence-electron chi connectivity index (χ2n) is 7.24. The average molecular weight is 404 g/mol. The summed E-state index contributed by atoms with van der Waals surface area (Å²) in [5.74, 6) is 2.54. The minimum Gasteiger partial charge on any atom is -0.497 e. The van der Waals surface area contributed by atoms with E-state index in [9.17, 15) is 0 Å². The van der Waals surface area contributed by atoms with E-state index >= 15 is 0 Å². The van der Waals surface area contributed by atoms with Crippen LogP contribution in [0.3, 0.4) is 0 Å². The summed E-state index contributed by atoms with van der Waals surface area (Å²) in [4.78, 5) is 2.11. The second-order valence-corrected chi connectivity index (χ2v) is 7.24. The molecule has 0 aliphatic rings. The molecule has 0 saturated carbocycles. The van der Waals surface area contributed by atoms with E-state index in [1.165, 1.54) is 0 Å². The standard InChI is InChI=1S/C26H29NO3/c1-27(2)16-17-30-25-7-5-6-22(19-25)26(21-10-14-24(29-4)15-11-21)18-20-8-12-23(28-3)13-9-20/h5-15,18-19H,16-17H2,1-4H3/b26-18+. The maximum absolute atomic E-state index is 5.96. The van der Waals surface area contributed by atoms with Gasteiger partial charge < -0.3 is 19.1 Å². The normalized spacial score (nSPS) is 11.4. The third-order valence-electron chi connectivity index (χ3n) is 4.78. The molecule has 3 aromatic carbocycles. The van der Waals surface area contributed by atoms with Crippen molar-refractivity contribution in [3.05, 3.63) is 89.5 Å². The Morgan fingerprint density at radius 1 is 0.767 bits per heavy atom. The first-order valence-corrected chi connectivity index (χ1v) is 9.97. The summed E-state index contributed by atoms with van der Waals surface area (Å²) in [7, 11) is 7.44. The molecule has 0 atom stereocenters. The summed E-state index contributed by atoms with van der Waals surface area (Å²) in [6.07, 6.45) is 2.18. The van der Waals surface area contributed by atoms with E-state index in [0.717, 1.165) is 46.1 Å². The van der Waals surface area contributed by atoms with Crippen molar-refractivity contribution in [2.75, 3.05) is 41.5 Å². The molecule has 0 spiro atoms. The van der Waals surface area contributed by atoms with Crippen LogP contribution in [0.25, 0.3) is 11.6 Å². The highest BCUT2D eigenvalue weighted by atomic mass is 16.5. The summed E-state index contributed by atoms with van der Waals surface area (Å²) in [6, 6.07) is 24.4. The Balaban J connectivity index is 1.97. The highest BCUT2D eigenvalue weighted by Crippen LogP contribution is 2.30. The molecule has 0 aliphatic carbocycles. The smallest absolute Gasteiger partial charge is 0.119 e. The van der Waals surface area contributed by atoms with Gasteiger partial charge in [-0.2, -0.15) is 0 Å². The Bertz CT molecular complexity index is 960. The molecule has 4 nitrogen and oxygen atoms in total. The molecule has 0 aromatic heterocycles. The van der Waals surface area contributed by atoms with Crippen LogP contribution in [0.15, 0.2) is 72.8 Å². The van der Waals surface area contributed by atoms with Gasteiger partial charge in [-0.05, 0) is 78.8 Å². The first kappa shape index (κ1) is 21.5. The Morgan fingerprint density at radius 2 is 1.40 bits per heavy atom. The number of hydrogen-bond acceptors (Lipinski definition) is 4. The van der Waals surface area contributed by atoms with Gasteiger partial charge in [-0.25, -0.2) is 0 Å². The fourth-order valence-corrected chi connectivity index (χ4v) is 3.07. The number of nitrogens with zero attached hydrogens (tertiary/aromatic N) is 1. The lowest BCUT2D eigenvalue weighted by Gasteiger charge is -2.14. The molecule has 156 valence electrons. The quantitative estimate of drug-likeness (QED) is 0.458. The minimum atomic E-state index is 0.649. The Morgan fingerprint density at radius 3 is 2.00 bits per heavy atom. The van der Waals surface area contributed by atoms with Gasteiger partial charge in [-0.1, -0.05) is 36.4 Å². The predicted molar refractivity (Wildman–Crippen MR) is 123 cm³/mol. The number of likely N-dealkylation sites (N-methyl/N-ethyl adjacent to an activating group) is 1. The van der Waals surface area contributed by atoms with Gasteiger partial charge in [-0.15, -0.1) is 0 Å². The van der Waals surface area contributed by atoms with E-state index in [1.807, 2.05) is 50.5 Å². The van der Waals surface area contributed by atoms with Crippen LogP contribution in [0.1, 0.15) is 16.7 Å². The molecule has 0 bridgehead atoms. The average Bonchev–Trinajstić information content (AvgIpc) is 2.78. The lowest BCUT2D eigenvalue weighted by atomic mass is 9.95. The van der Waals surface area contributed by atoms with Crippen molar-refractivity contribution in [2.45, 2.75) is 0 Å². The van der Waals surface area contributed by atoms with Gasteiger partial charge in [0.15, 0.2) is 0 Å². The van der Waals surface area contributed by atoms with Crippen molar-refractivity contribution < 1.29 is 14.2 Å². The van der Waals surface area contributed by atoms with Crippen LogP contribution in [0, 0.1) is 0 Å². The molecular formula is C26H29NO3. The molecule has 0 radical (unpaired) electrons. The van der Waals surface area contributed by atoms with Crippen molar-refractivity contribution >= 4 is 11.6 Å². The van der Waals surface area contributed by atoms with Crippen LogP contribution in [0.4, 0.5) is 0 Å². The second kappa shape index (κ2) is 10.5. The zero-order chi connectivity index (χ0) is 21.3. The first-order valence-electron chi connectivity index (χ1n) is 9.97.